The van der Waals surface area contributed by atoms with Gasteiger partial charge in [0.25, 0.3) is 0 Å². The highest BCUT2D eigenvalue weighted by Crippen LogP contribution is 2.18. The first-order valence-corrected chi connectivity index (χ1v) is 5.52. The van der Waals surface area contributed by atoms with Gasteiger partial charge in [-0.1, -0.05) is 6.07 Å². The second-order valence-corrected chi connectivity index (χ2v) is 3.55. The molecule has 0 spiro atoms. The molecule has 0 bridgehead atoms. The maximum absolute atomic E-state index is 10.8. The highest BCUT2D eigenvalue weighted by Gasteiger charge is 1.99. The number of carbonyl (C=O) groups excluding carboxylic acids is 1. The second kappa shape index (κ2) is 7.51. The SMILES string of the molecule is COc1cccc(OCCCCC(=O)NN)c1. The van der Waals surface area contributed by atoms with Crippen LogP contribution in [0.3, 0.4) is 0 Å². The van der Waals surface area contributed by atoms with Gasteiger partial charge < -0.3 is 9.47 Å². The maximum atomic E-state index is 10.8. The topological polar surface area (TPSA) is 73.6 Å². The molecule has 0 saturated heterocycles. The fourth-order valence-electron chi connectivity index (χ4n) is 1.34. The number of rotatable bonds is 7. The summed E-state index contributed by atoms with van der Waals surface area (Å²) in [4.78, 5) is 10.8. The Morgan fingerprint density at radius 3 is 2.82 bits per heavy atom. The van der Waals surface area contributed by atoms with Crippen LogP contribution < -0.4 is 20.7 Å². The minimum Gasteiger partial charge on any atom is -0.497 e. The maximum Gasteiger partial charge on any atom is 0.233 e. The molecule has 0 aromatic heterocycles. The van der Waals surface area contributed by atoms with Crippen molar-refractivity contribution in [1.82, 2.24) is 5.43 Å². The number of carbonyl (C=O) groups is 1. The zero-order chi connectivity index (χ0) is 12.5. The van der Waals surface area contributed by atoms with Crippen molar-refractivity contribution in [3.63, 3.8) is 0 Å². The molecular formula is C12H18N2O3. The highest BCUT2D eigenvalue weighted by molar-refractivity contribution is 5.75. The predicted molar refractivity (Wildman–Crippen MR) is 64.7 cm³/mol. The summed E-state index contributed by atoms with van der Waals surface area (Å²) in [5.41, 5.74) is 2.09. The third-order valence-electron chi connectivity index (χ3n) is 2.27. The van der Waals surface area contributed by atoms with Gasteiger partial charge >= 0.3 is 0 Å². The van der Waals surface area contributed by atoms with Gasteiger partial charge in [0.05, 0.1) is 13.7 Å². The Kier molecular flexibility index (Phi) is 5.88. The summed E-state index contributed by atoms with van der Waals surface area (Å²) in [7, 11) is 1.62. The molecule has 17 heavy (non-hydrogen) atoms. The van der Waals surface area contributed by atoms with Crippen molar-refractivity contribution in [2.24, 2.45) is 5.84 Å². The van der Waals surface area contributed by atoms with Crippen LogP contribution in [0.5, 0.6) is 11.5 Å². The number of hydrazine groups is 1. The van der Waals surface area contributed by atoms with E-state index in [9.17, 15) is 4.79 Å². The molecule has 94 valence electrons. The molecule has 0 aliphatic carbocycles. The first-order valence-electron chi connectivity index (χ1n) is 5.52. The number of benzene rings is 1. The number of hydrogen-bond acceptors (Lipinski definition) is 4. The van der Waals surface area contributed by atoms with Crippen molar-refractivity contribution < 1.29 is 14.3 Å². The fraction of sp³-hybridized carbons (Fsp3) is 0.417. The molecule has 1 rings (SSSR count). The minimum atomic E-state index is -0.147. The van der Waals surface area contributed by atoms with E-state index in [4.69, 9.17) is 15.3 Å². The van der Waals surface area contributed by atoms with Crippen molar-refractivity contribution in [2.75, 3.05) is 13.7 Å². The van der Waals surface area contributed by atoms with Gasteiger partial charge in [-0.2, -0.15) is 0 Å². The van der Waals surface area contributed by atoms with Crippen LogP contribution in [-0.4, -0.2) is 19.6 Å². The van der Waals surface area contributed by atoms with Crippen LogP contribution in [0.4, 0.5) is 0 Å². The monoisotopic (exact) mass is 238 g/mol. The zero-order valence-corrected chi connectivity index (χ0v) is 9.94. The van der Waals surface area contributed by atoms with E-state index in [0.29, 0.717) is 13.0 Å². The van der Waals surface area contributed by atoms with E-state index in [0.717, 1.165) is 24.3 Å². The van der Waals surface area contributed by atoms with Crippen LogP contribution in [0.1, 0.15) is 19.3 Å². The number of unbranched alkanes of at least 4 members (excludes halogenated alkanes) is 1. The first kappa shape index (κ1) is 13.3. The van der Waals surface area contributed by atoms with Gasteiger partial charge in [-0.05, 0) is 25.0 Å². The predicted octanol–water partition coefficient (Wildman–Crippen LogP) is 1.23. The third kappa shape index (κ3) is 5.21. The van der Waals surface area contributed by atoms with E-state index in [1.807, 2.05) is 24.3 Å². The molecule has 0 aliphatic rings. The van der Waals surface area contributed by atoms with Crippen molar-refractivity contribution in [3.05, 3.63) is 24.3 Å². The molecular weight excluding hydrogens is 220 g/mol. The average molecular weight is 238 g/mol. The first-order chi connectivity index (χ1) is 8.26. The second-order valence-electron chi connectivity index (χ2n) is 3.55. The van der Waals surface area contributed by atoms with Crippen molar-refractivity contribution in [2.45, 2.75) is 19.3 Å². The van der Waals surface area contributed by atoms with Crippen LogP contribution >= 0.6 is 0 Å². The Morgan fingerprint density at radius 2 is 2.12 bits per heavy atom. The fourth-order valence-corrected chi connectivity index (χ4v) is 1.34. The molecule has 0 saturated carbocycles. The summed E-state index contributed by atoms with van der Waals surface area (Å²) in [5.74, 6) is 6.36. The van der Waals surface area contributed by atoms with E-state index in [2.05, 4.69) is 5.43 Å². The van der Waals surface area contributed by atoms with Gasteiger partial charge in [-0.15, -0.1) is 0 Å². The molecule has 1 amide bonds. The number of ether oxygens (including phenoxy) is 2. The molecule has 0 atom stereocenters. The molecule has 0 heterocycles. The summed E-state index contributed by atoms with van der Waals surface area (Å²) >= 11 is 0. The molecule has 0 radical (unpaired) electrons. The molecule has 0 aliphatic heterocycles. The molecule has 5 heteroatoms. The third-order valence-corrected chi connectivity index (χ3v) is 2.27. The molecule has 0 unspecified atom stereocenters. The lowest BCUT2D eigenvalue weighted by atomic mass is 10.2. The van der Waals surface area contributed by atoms with Crippen molar-refractivity contribution >= 4 is 5.91 Å². The van der Waals surface area contributed by atoms with Gasteiger partial charge in [-0.25, -0.2) is 5.84 Å². The number of nitrogens with one attached hydrogen (secondary N) is 1. The van der Waals surface area contributed by atoms with E-state index in [1.165, 1.54) is 0 Å². The summed E-state index contributed by atoms with van der Waals surface area (Å²) < 4.78 is 10.6. The molecule has 3 N–H and O–H groups in total. The van der Waals surface area contributed by atoms with Gasteiger partial charge in [0.1, 0.15) is 11.5 Å². The lowest BCUT2D eigenvalue weighted by molar-refractivity contribution is -0.121. The molecule has 0 fully saturated rings. The summed E-state index contributed by atoms with van der Waals surface area (Å²) in [6.07, 6.45) is 2.00. The van der Waals surface area contributed by atoms with Crippen molar-refractivity contribution in [3.8, 4) is 11.5 Å². The van der Waals surface area contributed by atoms with Crippen LogP contribution in [-0.2, 0) is 4.79 Å². The smallest absolute Gasteiger partial charge is 0.233 e. The van der Waals surface area contributed by atoms with E-state index < -0.39 is 0 Å². The van der Waals surface area contributed by atoms with E-state index in [-0.39, 0.29) is 5.91 Å². The number of nitrogens with two attached hydrogens (primary N) is 1. The highest BCUT2D eigenvalue weighted by atomic mass is 16.5. The Balaban J connectivity index is 2.19. The summed E-state index contributed by atoms with van der Waals surface area (Å²) in [5, 5.41) is 0. The van der Waals surface area contributed by atoms with E-state index >= 15 is 0 Å². The Bertz CT molecular complexity index is 355. The van der Waals surface area contributed by atoms with Gasteiger partial charge in [0.2, 0.25) is 5.91 Å². The van der Waals surface area contributed by atoms with Crippen LogP contribution in [0.15, 0.2) is 24.3 Å². The number of methoxy groups -OCH3 is 1. The Hall–Kier alpha value is -1.75. The average Bonchev–Trinajstić information content (AvgIpc) is 2.38. The quantitative estimate of drug-likeness (QED) is 0.324. The lowest BCUT2D eigenvalue weighted by Gasteiger charge is -2.07. The summed E-state index contributed by atoms with van der Waals surface area (Å²) in [6.45, 7) is 0.574. The largest absolute Gasteiger partial charge is 0.497 e. The normalized spacial score (nSPS) is 9.76. The Labute approximate surface area is 101 Å². The van der Waals surface area contributed by atoms with Gasteiger partial charge in [0, 0.05) is 12.5 Å². The van der Waals surface area contributed by atoms with Crippen LogP contribution in [0.2, 0.25) is 0 Å². The summed E-state index contributed by atoms with van der Waals surface area (Å²) in [6, 6.07) is 7.43. The molecule has 1 aromatic rings. The van der Waals surface area contributed by atoms with Crippen LogP contribution in [0, 0.1) is 0 Å². The molecule has 1 aromatic carbocycles. The van der Waals surface area contributed by atoms with Crippen molar-refractivity contribution in [1.29, 1.82) is 0 Å². The molecule has 5 nitrogen and oxygen atoms in total. The minimum absolute atomic E-state index is 0.147. The number of amides is 1. The van der Waals surface area contributed by atoms with Gasteiger partial charge in [0.15, 0.2) is 0 Å². The van der Waals surface area contributed by atoms with Crippen LogP contribution in [0.25, 0.3) is 0 Å². The van der Waals surface area contributed by atoms with Gasteiger partial charge in [-0.3, -0.25) is 10.2 Å². The lowest BCUT2D eigenvalue weighted by Crippen LogP contribution is -2.29. The van der Waals surface area contributed by atoms with E-state index in [1.54, 1.807) is 7.11 Å². The zero-order valence-electron chi connectivity index (χ0n) is 9.94. The Morgan fingerprint density at radius 1 is 1.35 bits per heavy atom. The standard InChI is InChI=1S/C12H18N2O3/c1-16-10-5-4-6-11(9-10)17-8-3-2-7-12(15)14-13/h4-6,9H,2-3,7-8,13H2,1H3,(H,14,15). The number of hydrogen-bond donors (Lipinski definition) is 2.